The van der Waals surface area contributed by atoms with Crippen LogP contribution in [-0.2, 0) is 13.0 Å². The first-order chi connectivity index (χ1) is 12.1. The van der Waals surface area contributed by atoms with Crippen molar-refractivity contribution in [2.24, 2.45) is 0 Å². The van der Waals surface area contributed by atoms with Gasteiger partial charge in [-0.2, -0.15) is 5.10 Å². The Kier molecular flexibility index (Phi) is 4.79. The number of hydrogen-bond acceptors (Lipinski definition) is 4. The van der Waals surface area contributed by atoms with Crippen LogP contribution in [0.4, 0.5) is 0 Å². The van der Waals surface area contributed by atoms with E-state index in [2.05, 4.69) is 10.1 Å². The average molecular weight is 337 g/mol. The van der Waals surface area contributed by atoms with Crippen LogP contribution in [0.1, 0.15) is 34.2 Å². The molecule has 0 spiro atoms. The lowest BCUT2D eigenvalue weighted by atomic mass is 10.1. The Hall–Kier alpha value is -3.15. The molecule has 0 aliphatic carbocycles. The van der Waals surface area contributed by atoms with Crippen LogP contribution in [0.25, 0.3) is 0 Å². The van der Waals surface area contributed by atoms with E-state index in [-0.39, 0.29) is 18.0 Å². The lowest BCUT2D eigenvalue weighted by Gasteiger charge is -2.09. The minimum Gasteiger partial charge on any atom is -0.496 e. The summed E-state index contributed by atoms with van der Waals surface area (Å²) < 4.78 is 6.68. The van der Waals surface area contributed by atoms with Crippen LogP contribution in [0.2, 0.25) is 0 Å². The summed E-state index contributed by atoms with van der Waals surface area (Å²) in [5.74, 6) is 1.17. The summed E-state index contributed by atoms with van der Waals surface area (Å²) in [7, 11) is 1.56. The molecule has 0 fully saturated rings. The van der Waals surface area contributed by atoms with E-state index in [0.717, 1.165) is 11.1 Å². The van der Waals surface area contributed by atoms with Gasteiger partial charge in [-0.1, -0.05) is 30.3 Å². The summed E-state index contributed by atoms with van der Waals surface area (Å²) in [5.41, 5.74) is 2.08. The molecule has 0 unspecified atom stereocenters. The second-order valence-corrected chi connectivity index (χ2v) is 5.78. The van der Waals surface area contributed by atoms with Crippen molar-refractivity contribution in [3.63, 3.8) is 0 Å². The zero-order valence-corrected chi connectivity index (χ0v) is 14.2. The Labute approximate surface area is 145 Å². The molecule has 0 saturated carbocycles. The lowest BCUT2D eigenvalue weighted by molar-refractivity contribution is 0.101. The van der Waals surface area contributed by atoms with Crippen molar-refractivity contribution < 1.29 is 9.53 Å². The molecule has 0 radical (unpaired) electrons. The number of nitrogens with one attached hydrogen (secondary N) is 1. The predicted molar refractivity (Wildman–Crippen MR) is 94.2 cm³/mol. The molecule has 1 aromatic heterocycles. The monoisotopic (exact) mass is 337 g/mol. The van der Waals surface area contributed by atoms with Crippen LogP contribution in [0.15, 0.2) is 53.3 Å². The summed E-state index contributed by atoms with van der Waals surface area (Å²) in [6.07, 6.45) is 0.549. The third-order valence-electron chi connectivity index (χ3n) is 3.95. The summed E-state index contributed by atoms with van der Waals surface area (Å²) in [6, 6.07) is 15.0. The maximum Gasteiger partial charge on any atom is 0.343 e. The minimum atomic E-state index is -0.291. The Bertz CT molecular complexity index is 942. The maximum absolute atomic E-state index is 12.2. The Morgan fingerprint density at radius 2 is 1.96 bits per heavy atom. The first-order valence-electron chi connectivity index (χ1n) is 7.94. The fourth-order valence-corrected chi connectivity index (χ4v) is 2.66. The molecule has 25 heavy (non-hydrogen) atoms. The second-order valence-electron chi connectivity index (χ2n) is 5.78. The number of aromatic nitrogens is 3. The normalized spacial score (nSPS) is 10.6. The number of Topliss-reactive ketones (excluding diaryl/α,β-unsaturated/α-hetero) is 1. The van der Waals surface area contributed by atoms with Crippen molar-refractivity contribution in [3.8, 4) is 5.75 Å². The molecule has 3 rings (SSSR count). The molecule has 6 heteroatoms. The van der Waals surface area contributed by atoms with Crippen LogP contribution < -0.4 is 10.4 Å². The number of rotatable bonds is 6. The van der Waals surface area contributed by atoms with Crippen molar-refractivity contribution in [1.29, 1.82) is 0 Å². The van der Waals surface area contributed by atoms with Crippen molar-refractivity contribution in [2.75, 3.05) is 7.11 Å². The number of nitrogens with zero attached hydrogens (tertiary/aromatic N) is 2. The van der Waals surface area contributed by atoms with Crippen LogP contribution in [0, 0.1) is 0 Å². The van der Waals surface area contributed by atoms with Gasteiger partial charge in [0, 0.05) is 17.5 Å². The van der Waals surface area contributed by atoms with Gasteiger partial charge in [0.2, 0.25) is 0 Å². The van der Waals surface area contributed by atoms with E-state index in [4.69, 9.17) is 4.74 Å². The number of carbonyl (C=O) groups excluding carboxylic acids is 1. The second kappa shape index (κ2) is 7.17. The molecule has 128 valence electrons. The topological polar surface area (TPSA) is 77.0 Å². The number of ketones is 1. The zero-order chi connectivity index (χ0) is 17.8. The summed E-state index contributed by atoms with van der Waals surface area (Å²) >= 11 is 0. The highest BCUT2D eigenvalue weighted by Crippen LogP contribution is 2.21. The van der Waals surface area contributed by atoms with Crippen LogP contribution in [-0.4, -0.2) is 27.7 Å². The average Bonchev–Trinajstić information content (AvgIpc) is 2.94. The number of H-pyrrole nitrogens is 1. The molecule has 3 aromatic rings. The van der Waals surface area contributed by atoms with Crippen molar-refractivity contribution in [2.45, 2.75) is 19.9 Å². The van der Waals surface area contributed by atoms with Gasteiger partial charge in [-0.05, 0) is 30.7 Å². The van der Waals surface area contributed by atoms with Gasteiger partial charge in [0.15, 0.2) is 5.78 Å². The molecule has 1 N–H and O–H groups in total. The molecule has 0 bridgehead atoms. The molecule has 0 amide bonds. The Morgan fingerprint density at radius 3 is 2.64 bits per heavy atom. The smallest absolute Gasteiger partial charge is 0.343 e. The van der Waals surface area contributed by atoms with E-state index in [1.54, 1.807) is 25.3 Å². The van der Waals surface area contributed by atoms with Crippen molar-refractivity contribution in [3.05, 3.63) is 81.5 Å². The van der Waals surface area contributed by atoms with Crippen LogP contribution in [0.3, 0.4) is 0 Å². The van der Waals surface area contributed by atoms with Crippen LogP contribution in [0.5, 0.6) is 5.75 Å². The van der Waals surface area contributed by atoms with Gasteiger partial charge in [0.1, 0.15) is 11.6 Å². The zero-order valence-electron chi connectivity index (χ0n) is 14.2. The van der Waals surface area contributed by atoms with E-state index in [1.807, 2.05) is 30.3 Å². The standard InChI is InChI=1S/C19H19N3O3/c1-13(23)15-8-9-17(25-2)16(11-15)12-22-19(24)20-18(21-22)10-14-6-4-3-5-7-14/h3-9,11H,10,12H2,1-2H3,(H,20,21,24). The number of carbonyl (C=O) groups is 1. The van der Waals surface area contributed by atoms with Gasteiger partial charge < -0.3 is 4.74 Å². The first-order valence-corrected chi connectivity index (χ1v) is 7.94. The molecular formula is C19H19N3O3. The van der Waals surface area contributed by atoms with Gasteiger partial charge in [-0.25, -0.2) is 9.48 Å². The molecule has 0 aliphatic rings. The molecule has 2 aromatic carbocycles. The highest BCUT2D eigenvalue weighted by molar-refractivity contribution is 5.94. The SMILES string of the molecule is COc1ccc(C(C)=O)cc1Cn1nc(Cc2ccccc2)[nH]c1=O. The van der Waals surface area contributed by atoms with E-state index in [1.165, 1.54) is 11.6 Å². The maximum atomic E-state index is 12.2. The predicted octanol–water partition coefficient (Wildman–Crippen LogP) is 2.42. The number of hydrogen-bond donors (Lipinski definition) is 1. The van der Waals surface area contributed by atoms with Gasteiger partial charge in [-0.15, -0.1) is 0 Å². The third-order valence-corrected chi connectivity index (χ3v) is 3.95. The van der Waals surface area contributed by atoms with Gasteiger partial charge in [0.25, 0.3) is 0 Å². The Morgan fingerprint density at radius 1 is 1.20 bits per heavy atom. The first kappa shape index (κ1) is 16.7. The van der Waals surface area contributed by atoms with E-state index < -0.39 is 0 Å². The third kappa shape index (κ3) is 3.85. The molecule has 0 saturated heterocycles. The fourth-order valence-electron chi connectivity index (χ4n) is 2.66. The molecule has 0 aliphatic heterocycles. The molecule has 1 heterocycles. The summed E-state index contributed by atoms with van der Waals surface area (Å²) in [6.45, 7) is 1.73. The molecule has 0 atom stereocenters. The van der Waals surface area contributed by atoms with Gasteiger partial charge in [-0.3, -0.25) is 9.78 Å². The number of ether oxygens (including phenoxy) is 1. The van der Waals surface area contributed by atoms with E-state index in [0.29, 0.717) is 23.6 Å². The quantitative estimate of drug-likeness (QED) is 0.701. The summed E-state index contributed by atoms with van der Waals surface area (Å²) in [4.78, 5) is 26.6. The largest absolute Gasteiger partial charge is 0.496 e. The van der Waals surface area contributed by atoms with Gasteiger partial charge in [0.05, 0.1) is 13.7 Å². The van der Waals surface area contributed by atoms with Crippen molar-refractivity contribution in [1.82, 2.24) is 14.8 Å². The highest BCUT2D eigenvalue weighted by Gasteiger charge is 2.12. The highest BCUT2D eigenvalue weighted by atomic mass is 16.5. The number of benzene rings is 2. The van der Waals surface area contributed by atoms with Crippen LogP contribution >= 0.6 is 0 Å². The molecular weight excluding hydrogens is 318 g/mol. The Balaban J connectivity index is 1.87. The van der Waals surface area contributed by atoms with Crippen molar-refractivity contribution >= 4 is 5.78 Å². The number of methoxy groups -OCH3 is 1. The van der Waals surface area contributed by atoms with Gasteiger partial charge >= 0.3 is 5.69 Å². The lowest BCUT2D eigenvalue weighted by Crippen LogP contribution is -2.19. The fraction of sp³-hybridized carbons (Fsp3) is 0.211. The molecule has 6 nitrogen and oxygen atoms in total. The minimum absolute atomic E-state index is 0.0388. The number of aromatic amines is 1. The van der Waals surface area contributed by atoms with E-state index in [9.17, 15) is 9.59 Å². The summed E-state index contributed by atoms with van der Waals surface area (Å²) in [5, 5.41) is 4.36. The van der Waals surface area contributed by atoms with E-state index >= 15 is 0 Å².